The van der Waals surface area contributed by atoms with Gasteiger partial charge in [0.1, 0.15) is 6.04 Å². The summed E-state index contributed by atoms with van der Waals surface area (Å²) < 4.78 is 0. The minimum Gasteiger partial charge on any atom is -0.481 e. The highest BCUT2D eigenvalue weighted by Crippen LogP contribution is 2.28. The van der Waals surface area contributed by atoms with E-state index in [0.717, 1.165) is 31.2 Å². The van der Waals surface area contributed by atoms with Gasteiger partial charge in [-0.2, -0.15) is 0 Å². The summed E-state index contributed by atoms with van der Waals surface area (Å²) in [5.74, 6) is -0.921. The number of carbonyl (C=O) groups is 3. The first-order chi connectivity index (χ1) is 15.4. The predicted molar refractivity (Wildman–Crippen MR) is 123 cm³/mol. The minimum atomic E-state index is -0.909. The lowest BCUT2D eigenvalue weighted by atomic mass is 9.81. The third-order valence-corrected chi connectivity index (χ3v) is 6.04. The molecular weight excluding hydrogens is 406 g/mol. The molecule has 5 N–H and O–H groups in total. The van der Waals surface area contributed by atoms with Crippen LogP contribution in [0.3, 0.4) is 0 Å². The topological polar surface area (TPSA) is 122 Å². The fourth-order valence-electron chi connectivity index (χ4n) is 4.12. The van der Waals surface area contributed by atoms with Gasteiger partial charge in [-0.15, -0.1) is 0 Å². The van der Waals surface area contributed by atoms with E-state index in [1.807, 2.05) is 30.3 Å². The van der Waals surface area contributed by atoms with Crippen LogP contribution in [-0.4, -0.2) is 35.5 Å². The molecule has 0 bridgehead atoms. The van der Waals surface area contributed by atoms with Gasteiger partial charge in [0.15, 0.2) is 0 Å². The number of hydrogen-bond donors (Lipinski definition) is 4. The predicted octanol–water partition coefficient (Wildman–Crippen LogP) is 2.74. The molecule has 0 saturated heterocycles. The van der Waals surface area contributed by atoms with Crippen LogP contribution in [0.15, 0.2) is 54.6 Å². The van der Waals surface area contributed by atoms with E-state index >= 15 is 0 Å². The van der Waals surface area contributed by atoms with E-state index in [4.69, 9.17) is 10.8 Å². The van der Waals surface area contributed by atoms with Gasteiger partial charge in [-0.3, -0.25) is 14.4 Å². The van der Waals surface area contributed by atoms with E-state index < -0.39 is 12.0 Å². The van der Waals surface area contributed by atoms with Gasteiger partial charge < -0.3 is 21.5 Å². The number of carboxylic acid groups (broad SMARTS) is 1. The molecule has 2 amide bonds. The summed E-state index contributed by atoms with van der Waals surface area (Å²) in [7, 11) is 0. The number of nitrogens with two attached hydrogens (primary N) is 1. The van der Waals surface area contributed by atoms with Crippen molar-refractivity contribution in [1.82, 2.24) is 5.32 Å². The molecule has 7 heteroatoms. The summed E-state index contributed by atoms with van der Waals surface area (Å²) in [5.41, 5.74) is 7.92. The number of hydrogen-bond acceptors (Lipinski definition) is 4. The number of aliphatic carboxylic acids is 1. The second kappa shape index (κ2) is 11.4. The van der Waals surface area contributed by atoms with Gasteiger partial charge in [0.25, 0.3) is 0 Å². The Hall–Kier alpha value is -3.19. The van der Waals surface area contributed by atoms with Crippen molar-refractivity contribution < 1.29 is 19.5 Å². The zero-order valence-electron chi connectivity index (χ0n) is 18.1. The molecule has 1 saturated carbocycles. The first-order valence-electron chi connectivity index (χ1n) is 11.1. The molecule has 2 aromatic carbocycles. The zero-order valence-corrected chi connectivity index (χ0v) is 18.1. The minimum absolute atomic E-state index is 0.0761. The van der Waals surface area contributed by atoms with Crippen molar-refractivity contribution in [3.63, 3.8) is 0 Å². The standard InChI is InChI=1S/C25H31N3O4/c26-16-19-6-10-20(11-7-19)24(31)28-22(14-17-4-2-1-3-5-17)25(32)27-21-12-8-18(9-13-21)15-23(29)30/h1-5,8-9,12-13,19-20,22H,6-7,10-11,14-16,26H2,(H,27,32)(H,28,31)(H,29,30)/t19-,20-,22-/m0/s1. The Balaban J connectivity index is 1.67. The fraction of sp³-hybridized carbons (Fsp3) is 0.400. The average molecular weight is 438 g/mol. The van der Waals surface area contributed by atoms with Crippen LogP contribution in [0.2, 0.25) is 0 Å². The Morgan fingerprint density at radius 1 is 0.938 bits per heavy atom. The number of benzene rings is 2. The zero-order chi connectivity index (χ0) is 22.9. The molecule has 170 valence electrons. The maximum absolute atomic E-state index is 13.1. The average Bonchev–Trinajstić information content (AvgIpc) is 2.80. The van der Waals surface area contributed by atoms with Gasteiger partial charge in [-0.25, -0.2) is 0 Å². The highest BCUT2D eigenvalue weighted by Gasteiger charge is 2.29. The van der Waals surface area contributed by atoms with E-state index in [2.05, 4.69) is 10.6 Å². The second-order valence-electron chi connectivity index (χ2n) is 8.46. The molecule has 0 radical (unpaired) electrons. The Kier molecular flexibility index (Phi) is 8.39. The summed E-state index contributed by atoms with van der Waals surface area (Å²) >= 11 is 0. The van der Waals surface area contributed by atoms with E-state index in [-0.39, 0.29) is 24.2 Å². The van der Waals surface area contributed by atoms with Crippen LogP contribution in [-0.2, 0) is 27.2 Å². The van der Waals surface area contributed by atoms with Crippen molar-refractivity contribution >= 4 is 23.5 Å². The normalized spacial score (nSPS) is 19.0. The van der Waals surface area contributed by atoms with Gasteiger partial charge >= 0.3 is 5.97 Å². The molecule has 0 spiro atoms. The lowest BCUT2D eigenvalue weighted by molar-refractivity contribution is -0.136. The number of amides is 2. The van der Waals surface area contributed by atoms with E-state index in [1.165, 1.54) is 0 Å². The second-order valence-corrected chi connectivity index (χ2v) is 8.46. The Morgan fingerprint density at radius 3 is 2.19 bits per heavy atom. The molecular formula is C25H31N3O4. The highest BCUT2D eigenvalue weighted by atomic mass is 16.4. The van der Waals surface area contributed by atoms with Crippen LogP contribution in [0.1, 0.15) is 36.8 Å². The highest BCUT2D eigenvalue weighted by molar-refractivity contribution is 5.97. The molecule has 2 aromatic rings. The molecule has 1 aliphatic rings. The molecule has 1 aliphatic carbocycles. The van der Waals surface area contributed by atoms with Crippen LogP contribution in [0.4, 0.5) is 5.69 Å². The van der Waals surface area contributed by atoms with Gasteiger partial charge in [0.2, 0.25) is 11.8 Å². The first kappa shape index (κ1) is 23.5. The van der Waals surface area contributed by atoms with Crippen molar-refractivity contribution in [3.8, 4) is 0 Å². The first-order valence-corrected chi connectivity index (χ1v) is 11.1. The van der Waals surface area contributed by atoms with Gasteiger partial charge in [0.05, 0.1) is 6.42 Å². The molecule has 1 atom stereocenters. The van der Waals surface area contributed by atoms with E-state index in [0.29, 0.717) is 30.1 Å². The molecule has 32 heavy (non-hydrogen) atoms. The third-order valence-electron chi connectivity index (χ3n) is 6.04. The van der Waals surface area contributed by atoms with Crippen LogP contribution < -0.4 is 16.4 Å². The van der Waals surface area contributed by atoms with Crippen LogP contribution in [0, 0.1) is 11.8 Å². The van der Waals surface area contributed by atoms with E-state index in [9.17, 15) is 14.4 Å². The van der Waals surface area contributed by atoms with Crippen molar-refractivity contribution in [1.29, 1.82) is 0 Å². The molecule has 3 rings (SSSR count). The summed E-state index contributed by atoms with van der Waals surface area (Å²) in [6.45, 7) is 0.651. The van der Waals surface area contributed by atoms with Crippen LogP contribution in [0.5, 0.6) is 0 Å². The van der Waals surface area contributed by atoms with Crippen molar-refractivity contribution in [3.05, 3.63) is 65.7 Å². The van der Waals surface area contributed by atoms with E-state index in [1.54, 1.807) is 24.3 Å². The Bertz CT molecular complexity index is 907. The largest absolute Gasteiger partial charge is 0.481 e. The number of rotatable bonds is 9. The fourth-order valence-corrected chi connectivity index (χ4v) is 4.12. The third kappa shape index (κ3) is 6.92. The summed E-state index contributed by atoms with van der Waals surface area (Å²) in [4.78, 5) is 36.8. The maximum atomic E-state index is 13.1. The number of carboxylic acids is 1. The van der Waals surface area contributed by atoms with Crippen molar-refractivity contribution in [2.24, 2.45) is 17.6 Å². The molecule has 0 heterocycles. The summed E-state index contributed by atoms with van der Waals surface area (Å²) in [6, 6.07) is 15.6. The lowest BCUT2D eigenvalue weighted by Gasteiger charge is -2.28. The van der Waals surface area contributed by atoms with Gasteiger partial charge in [0, 0.05) is 18.0 Å². The monoisotopic (exact) mass is 437 g/mol. The molecule has 1 fully saturated rings. The van der Waals surface area contributed by atoms with Gasteiger partial charge in [-0.1, -0.05) is 42.5 Å². The quantitative estimate of drug-likeness (QED) is 0.481. The number of carbonyl (C=O) groups excluding carboxylic acids is 2. The Morgan fingerprint density at radius 2 is 1.59 bits per heavy atom. The molecule has 0 aromatic heterocycles. The molecule has 0 aliphatic heterocycles. The van der Waals surface area contributed by atoms with Gasteiger partial charge in [-0.05, 0) is 61.4 Å². The number of nitrogens with one attached hydrogen (secondary N) is 2. The Labute approximate surface area is 188 Å². The SMILES string of the molecule is NC[C@H]1CC[C@H](C(=O)N[C@@H](Cc2ccccc2)C(=O)Nc2ccc(CC(=O)O)cc2)CC1. The smallest absolute Gasteiger partial charge is 0.307 e. The number of anilines is 1. The molecule has 7 nitrogen and oxygen atoms in total. The lowest BCUT2D eigenvalue weighted by Crippen LogP contribution is -2.48. The van der Waals surface area contributed by atoms with Crippen molar-refractivity contribution in [2.75, 3.05) is 11.9 Å². The summed E-state index contributed by atoms with van der Waals surface area (Å²) in [5, 5.41) is 14.7. The maximum Gasteiger partial charge on any atom is 0.307 e. The van der Waals surface area contributed by atoms with Crippen molar-refractivity contribution in [2.45, 2.75) is 44.6 Å². The molecule has 0 unspecified atom stereocenters. The summed E-state index contributed by atoms with van der Waals surface area (Å²) in [6.07, 6.45) is 3.76. The van der Waals surface area contributed by atoms with Crippen LogP contribution in [0.25, 0.3) is 0 Å². The van der Waals surface area contributed by atoms with Crippen LogP contribution >= 0.6 is 0 Å².